The molecule has 1 aromatic rings. The zero-order valence-electron chi connectivity index (χ0n) is 13.2. The standard InChI is InChI=1S/C18H27BrN2/c1-20-10-14-4-6-16(18(19)9-14)11-21(2)12-17-8-13-3-5-15(17)7-13/h4,6,9,13,15,17,20H,3,5,7-8,10-12H2,1-2H3. The van der Waals surface area contributed by atoms with Crippen molar-refractivity contribution in [2.75, 3.05) is 20.6 Å². The van der Waals surface area contributed by atoms with Crippen LogP contribution >= 0.6 is 15.9 Å². The summed E-state index contributed by atoms with van der Waals surface area (Å²) in [4.78, 5) is 2.52. The van der Waals surface area contributed by atoms with Crippen LogP contribution in [0.25, 0.3) is 0 Å². The van der Waals surface area contributed by atoms with Crippen molar-refractivity contribution in [3.8, 4) is 0 Å². The monoisotopic (exact) mass is 350 g/mol. The Bertz CT molecular complexity index is 488. The highest BCUT2D eigenvalue weighted by Crippen LogP contribution is 2.48. The maximum atomic E-state index is 3.74. The third kappa shape index (κ3) is 3.69. The van der Waals surface area contributed by atoms with E-state index in [1.165, 1.54) is 47.8 Å². The van der Waals surface area contributed by atoms with Crippen molar-refractivity contribution >= 4 is 15.9 Å². The minimum absolute atomic E-state index is 0.930. The van der Waals surface area contributed by atoms with E-state index in [-0.39, 0.29) is 0 Å². The van der Waals surface area contributed by atoms with E-state index < -0.39 is 0 Å². The fourth-order valence-electron chi connectivity index (χ4n) is 4.39. The van der Waals surface area contributed by atoms with Gasteiger partial charge in [0.2, 0.25) is 0 Å². The van der Waals surface area contributed by atoms with Gasteiger partial charge in [-0.2, -0.15) is 0 Å². The summed E-state index contributed by atoms with van der Waals surface area (Å²) in [5.41, 5.74) is 2.74. The maximum absolute atomic E-state index is 3.74. The van der Waals surface area contributed by atoms with Gasteiger partial charge in [0.1, 0.15) is 0 Å². The summed E-state index contributed by atoms with van der Waals surface area (Å²) in [5.74, 6) is 3.04. The molecule has 1 N–H and O–H groups in total. The number of halogens is 1. The second-order valence-corrected chi connectivity index (χ2v) is 7.94. The van der Waals surface area contributed by atoms with Crippen LogP contribution in [0.4, 0.5) is 0 Å². The second kappa shape index (κ2) is 6.80. The molecule has 2 saturated carbocycles. The molecule has 2 fully saturated rings. The molecule has 3 unspecified atom stereocenters. The molecule has 2 bridgehead atoms. The van der Waals surface area contributed by atoms with Crippen molar-refractivity contribution < 1.29 is 0 Å². The van der Waals surface area contributed by atoms with Gasteiger partial charge >= 0.3 is 0 Å². The molecule has 2 aliphatic carbocycles. The van der Waals surface area contributed by atoms with Crippen molar-refractivity contribution in [2.45, 2.75) is 38.8 Å². The average molecular weight is 351 g/mol. The number of nitrogens with one attached hydrogen (secondary N) is 1. The second-order valence-electron chi connectivity index (χ2n) is 7.09. The minimum atomic E-state index is 0.930. The Morgan fingerprint density at radius 3 is 2.76 bits per heavy atom. The molecule has 0 amide bonds. The van der Waals surface area contributed by atoms with Crippen LogP contribution in [0.3, 0.4) is 0 Å². The number of fused-ring (bicyclic) bond motifs is 2. The Hall–Kier alpha value is -0.380. The van der Waals surface area contributed by atoms with E-state index in [0.717, 1.165) is 30.8 Å². The molecule has 0 saturated heterocycles. The van der Waals surface area contributed by atoms with E-state index in [9.17, 15) is 0 Å². The predicted octanol–water partition coefficient (Wildman–Crippen LogP) is 4.04. The number of hydrogen-bond donors (Lipinski definition) is 1. The fourth-order valence-corrected chi connectivity index (χ4v) is 4.94. The van der Waals surface area contributed by atoms with Crippen LogP contribution in [0, 0.1) is 17.8 Å². The zero-order chi connectivity index (χ0) is 14.8. The first-order valence-electron chi connectivity index (χ1n) is 8.26. The van der Waals surface area contributed by atoms with Crippen molar-refractivity contribution in [1.82, 2.24) is 10.2 Å². The molecular weight excluding hydrogens is 324 g/mol. The summed E-state index contributed by atoms with van der Waals surface area (Å²) in [5, 5.41) is 3.20. The SMILES string of the molecule is CNCc1ccc(CN(C)CC2CC3CCC2C3)c(Br)c1. The van der Waals surface area contributed by atoms with E-state index in [1.54, 1.807) is 0 Å². The fraction of sp³-hybridized carbons (Fsp3) is 0.667. The minimum Gasteiger partial charge on any atom is -0.316 e. The smallest absolute Gasteiger partial charge is 0.0242 e. The van der Waals surface area contributed by atoms with E-state index in [0.29, 0.717) is 0 Å². The lowest BCUT2D eigenvalue weighted by molar-refractivity contribution is 0.214. The van der Waals surface area contributed by atoms with Crippen molar-refractivity contribution in [1.29, 1.82) is 0 Å². The van der Waals surface area contributed by atoms with Gasteiger partial charge in [-0.25, -0.2) is 0 Å². The highest BCUT2D eigenvalue weighted by atomic mass is 79.9. The highest BCUT2D eigenvalue weighted by Gasteiger charge is 2.39. The first kappa shape index (κ1) is 15.5. The summed E-state index contributed by atoms with van der Waals surface area (Å²) >= 11 is 3.74. The van der Waals surface area contributed by atoms with Crippen LogP contribution in [0.1, 0.15) is 36.8 Å². The predicted molar refractivity (Wildman–Crippen MR) is 92.2 cm³/mol. The molecule has 0 aliphatic heterocycles. The Morgan fingerprint density at radius 2 is 2.14 bits per heavy atom. The molecule has 0 heterocycles. The number of benzene rings is 1. The lowest BCUT2D eigenvalue weighted by Gasteiger charge is -2.27. The normalized spacial score (nSPS) is 27.7. The number of nitrogens with zero attached hydrogens (tertiary/aromatic N) is 1. The molecule has 3 heteroatoms. The van der Waals surface area contributed by atoms with Crippen LogP contribution in [0.2, 0.25) is 0 Å². The maximum Gasteiger partial charge on any atom is 0.0242 e. The third-order valence-corrected chi connectivity index (χ3v) is 6.11. The van der Waals surface area contributed by atoms with E-state index in [4.69, 9.17) is 0 Å². The molecule has 0 aromatic heterocycles. The van der Waals surface area contributed by atoms with Gasteiger partial charge < -0.3 is 10.2 Å². The topological polar surface area (TPSA) is 15.3 Å². The van der Waals surface area contributed by atoms with Crippen LogP contribution < -0.4 is 5.32 Å². The Morgan fingerprint density at radius 1 is 1.29 bits per heavy atom. The zero-order valence-corrected chi connectivity index (χ0v) is 14.8. The van der Waals surface area contributed by atoms with Gasteiger partial charge in [-0.1, -0.05) is 34.5 Å². The largest absolute Gasteiger partial charge is 0.316 e. The van der Waals surface area contributed by atoms with Crippen LogP contribution in [0.15, 0.2) is 22.7 Å². The summed E-state index contributed by atoms with van der Waals surface area (Å²) in [6, 6.07) is 6.76. The Labute approximate surface area is 137 Å². The van der Waals surface area contributed by atoms with Crippen LogP contribution in [-0.4, -0.2) is 25.5 Å². The first-order valence-corrected chi connectivity index (χ1v) is 9.05. The molecule has 2 aliphatic rings. The van der Waals surface area contributed by atoms with Crippen molar-refractivity contribution in [3.63, 3.8) is 0 Å². The van der Waals surface area contributed by atoms with Gasteiger partial charge in [-0.15, -0.1) is 0 Å². The molecule has 0 radical (unpaired) electrons. The van der Waals surface area contributed by atoms with E-state index in [2.05, 4.69) is 51.4 Å². The first-order chi connectivity index (χ1) is 10.2. The molecule has 1 aromatic carbocycles. The summed E-state index contributed by atoms with van der Waals surface area (Å²) in [7, 11) is 4.27. The van der Waals surface area contributed by atoms with Crippen molar-refractivity contribution in [3.05, 3.63) is 33.8 Å². The molecule has 0 spiro atoms. The Kier molecular flexibility index (Phi) is 5.03. The van der Waals surface area contributed by atoms with Gasteiger partial charge in [0.15, 0.2) is 0 Å². The summed E-state index contributed by atoms with van der Waals surface area (Å²) in [6.07, 6.45) is 5.99. The summed E-state index contributed by atoms with van der Waals surface area (Å²) in [6.45, 7) is 3.25. The van der Waals surface area contributed by atoms with Gasteiger partial charge in [-0.3, -0.25) is 0 Å². The lowest BCUT2D eigenvalue weighted by Crippen LogP contribution is -2.28. The lowest BCUT2D eigenvalue weighted by atomic mass is 9.88. The summed E-state index contributed by atoms with van der Waals surface area (Å²) < 4.78 is 1.25. The third-order valence-electron chi connectivity index (χ3n) is 5.37. The molecule has 116 valence electrons. The van der Waals surface area contributed by atoms with Crippen molar-refractivity contribution in [2.24, 2.45) is 17.8 Å². The van der Waals surface area contributed by atoms with Gasteiger partial charge in [0.05, 0.1) is 0 Å². The molecule has 2 nitrogen and oxygen atoms in total. The van der Waals surface area contributed by atoms with Crippen LogP contribution in [0.5, 0.6) is 0 Å². The Balaban J connectivity index is 1.56. The number of hydrogen-bond acceptors (Lipinski definition) is 2. The number of rotatable bonds is 6. The van der Waals surface area contributed by atoms with Gasteiger partial charge in [-0.05, 0) is 68.3 Å². The highest BCUT2D eigenvalue weighted by molar-refractivity contribution is 9.10. The van der Waals surface area contributed by atoms with E-state index >= 15 is 0 Å². The molecule has 3 atom stereocenters. The average Bonchev–Trinajstić information content (AvgIpc) is 3.04. The molecule has 21 heavy (non-hydrogen) atoms. The molecule has 3 rings (SSSR count). The quantitative estimate of drug-likeness (QED) is 0.832. The molecular formula is C18H27BrN2. The van der Waals surface area contributed by atoms with E-state index in [1.807, 2.05) is 7.05 Å². The van der Waals surface area contributed by atoms with Gasteiger partial charge in [0.25, 0.3) is 0 Å². The van der Waals surface area contributed by atoms with Gasteiger partial charge in [0, 0.05) is 24.1 Å². The van der Waals surface area contributed by atoms with Crippen LogP contribution in [-0.2, 0) is 13.1 Å².